The van der Waals surface area contributed by atoms with Gasteiger partial charge in [-0.3, -0.25) is 0 Å². The van der Waals surface area contributed by atoms with Gasteiger partial charge in [0.15, 0.2) is 0 Å². The van der Waals surface area contributed by atoms with E-state index in [9.17, 15) is 0 Å². The second-order valence-corrected chi connectivity index (χ2v) is 5.01. The van der Waals surface area contributed by atoms with Gasteiger partial charge in [-0.25, -0.2) is 0 Å². The zero-order valence-corrected chi connectivity index (χ0v) is 9.46. The summed E-state index contributed by atoms with van der Waals surface area (Å²) >= 11 is 0. The largest absolute Gasteiger partial charge is 0.383 e. The van der Waals surface area contributed by atoms with Crippen molar-refractivity contribution in [1.82, 2.24) is 9.80 Å². The van der Waals surface area contributed by atoms with Gasteiger partial charge >= 0.3 is 0 Å². The average Bonchev–Trinajstić information content (AvgIpc) is 2.72. The van der Waals surface area contributed by atoms with Gasteiger partial charge < -0.3 is 14.5 Å². The summed E-state index contributed by atoms with van der Waals surface area (Å²) in [5.41, 5.74) is 0.627. The Labute approximate surface area is 87.0 Å². The fourth-order valence-corrected chi connectivity index (χ4v) is 2.93. The van der Waals surface area contributed by atoms with Crippen molar-refractivity contribution in [2.75, 3.05) is 53.5 Å². The molecule has 0 aromatic rings. The van der Waals surface area contributed by atoms with Gasteiger partial charge in [0.1, 0.15) is 0 Å². The van der Waals surface area contributed by atoms with E-state index in [-0.39, 0.29) is 0 Å². The molecule has 0 aliphatic carbocycles. The fraction of sp³-hybridized carbons (Fsp3) is 1.00. The van der Waals surface area contributed by atoms with Crippen molar-refractivity contribution >= 4 is 0 Å². The average molecular weight is 198 g/mol. The first-order valence-electron chi connectivity index (χ1n) is 5.64. The molecule has 0 aromatic carbocycles. The van der Waals surface area contributed by atoms with Crippen LogP contribution in [0.25, 0.3) is 0 Å². The van der Waals surface area contributed by atoms with Crippen LogP contribution in [0.1, 0.15) is 12.8 Å². The highest BCUT2D eigenvalue weighted by Crippen LogP contribution is 2.38. The maximum Gasteiger partial charge on any atom is 0.0589 e. The molecule has 0 aromatic heterocycles. The fourth-order valence-electron chi connectivity index (χ4n) is 2.93. The van der Waals surface area contributed by atoms with Crippen LogP contribution in [0.3, 0.4) is 0 Å². The highest BCUT2D eigenvalue weighted by Gasteiger charge is 2.41. The zero-order chi connectivity index (χ0) is 10.0. The van der Waals surface area contributed by atoms with Gasteiger partial charge in [0, 0.05) is 26.7 Å². The summed E-state index contributed by atoms with van der Waals surface area (Å²) in [7, 11) is 4.03. The highest BCUT2D eigenvalue weighted by atomic mass is 16.5. The second-order valence-electron chi connectivity index (χ2n) is 5.01. The summed E-state index contributed by atoms with van der Waals surface area (Å²) in [4.78, 5) is 5.03. The molecule has 3 heteroatoms. The van der Waals surface area contributed by atoms with Crippen LogP contribution in [0.4, 0.5) is 0 Å². The van der Waals surface area contributed by atoms with Gasteiger partial charge in [0.2, 0.25) is 0 Å². The topological polar surface area (TPSA) is 15.7 Å². The molecule has 14 heavy (non-hydrogen) atoms. The summed E-state index contributed by atoms with van der Waals surface area (Å²) in [5.74, 6) is 0. The lowest BCUT2D eigenvalue weighted by atomic mass is 9.86. The molecule has 2 aliphatic rings. The first kappa shape index (κ1) is 10.4. The van der Waals surface area contributed by atoms with Crippen molar-refractivity contribution in [3.8, 4) is 0 Å². The molecule has 1 atom stereocenters. The van der Waals surface area contributed by atoms with E-state index in [1.807, 2.05) is 0 Å². The van der Waals surface area contributed by atoms with Gasteiger partial charge in [0.05, 0.1) is 6.61 Å². The molecule has 2 saturated heterocycles. The minimum atomic E-state index is 0.627. The van der Waals surface area contributed by atoms with E-state index >= 15 is 0 Å². The maximum atomic E-state index is 5.12. The molecular formula is C11H22N2O. The SMILES string of the molecule is COCCN1CCC2(CCN(C)C2)C1. The van der Waals surface area contributed by atoms with Crippen molar-refractivity contribution in [3.63, 3.8) is 0 Å². The first-order valence-corrected chi connectivity index (χ1v) is 5.64. The number of nitrogens with zero attached hydrogens (tertiary/aromatic N) is 2. The number of hydrogen-bond acceptors (Lipinski definition) is 3. The molecule has 1 spiro atoms. The van der Waals surface area contributed by atoms with Crippen LogP contribution in [-0.2, 0) is 4.74 Å². The number of likely N-dealkylation sites (tertiary alicyclic amines) is 2. The Morgan fingerprint density at radius 2 is 2.00 bits per heavy atom. The van der Waals surface area contributed by atoms with Crippen LogP contribution in [0.2, 0.25) is 0 Å². The molecule has 0 bridgehead atoms. The zero-order valence-electron chi connectivity index (χ0n) is 9.46. The third-order valence-electron chi connectivity index (χ3n) is 3.76. The van der Waals surface area contributed by atoms with E-state index in [0.29, 0.717) is 5.41 Å². The summed E-state index contributed by atoms with van der Waals surface area (Å²) < 4.78 is 5.12. The van der Waals surface area contributed by atoms with Crippen molar-refractivity contribution < 1.29 is 4.74 Å². The molecule has 1 unspecified atom stereocenters. The molecule has 82 valence electrons. The van der Waals surface area contributed by atoms with Gasteiger partial charge in [-0.2, -0.15) is 0 Å². The van der Waals surface area contributed by atoms with Gasteiger partial charge in [-0.05, 0) is 38.4 Å². The minimum Gasteiger partial charge on any atom is -0.383 e. The summed E-state index contributed by atoms with van der Waals surface area (Å²) in [5, 5.41) is 0. The standard InChI is InChI=1S/C11H22N2O/c1-12-5-3-11(9-12)4-6-13(10-11)7-8-14-2/h3-10H2,1-2H3. The number of hydrogen-bond donors (Lipinski definition) is 0. The third-order valence-corrected chi connectivity index (χ3v) is 3.76. The van der Waals surface area contributed by atoms with Crippen LogP contribution >= 0.6 is 0 Å². The summed E-state index contributed by atoms with van der Waals surface area (Å²) in [6.07, 6.45) is 2.79. The van der Waals surface area contributed by atoms with E-state index in [1.54, 1.807) is 7.11 Å². The highest BCUT2D eigenvalue weighted by molar-refractivity contribution is 4.96. The van der Waals surface area contributed by atoms with E-state index in [4.69, 9.17) is 4.74 Å². The molecule has 3 nitrogen and oxygen atoms in total. The predicted octanol–water partition coefficient (Wildman–Crippen LogP) is 0.660. The summed E-state index contributed by atoms with van der Waals surface area (Å²) in [6.45, 7) is 7.15. The van der Waals surface area contributed by atoms with E-state index in [2.05, 4.69) is 16.8 Å². The van der Waals surface area contributed by atoms with E-state index in [1.165, 1.54) is 39.0 Å². The quantitative estimate of drug-likeness (QED) is 0.662. The molecule has 2 rings (SSSR count). The molecule has 0 N–H and O–H groups in total. The van der Waals surface area contributed by atoms with Gasteiger partial charge in [-0.1, -0.05) is 0 Å². The predicted molar refractivity (Wildman–Crippen MR) is 57.5 cm³/mol. The smallest absolute Gasteiger partial charge is 0.0589 e. The van der Waals surface area contributed by atoms with Crippen LogP contribution < -0.4 is 0 Å². The molecule has 0 saturated carbocycles. The van der Waals surface area contributed by atoms with E-state index < -0.39 is 0 Å². The van der Waals surface area contributed by atoms with Gasteiger partial charge in [0.25, 0.3) is 0 Å². The molecule has 0 radical (unpaired) electrons. The van der Waals surface area contributed by atoms with Crippen LogP contribution in [-0.4, -0.2) is 63.3 Å². The normalized spacial score (nSPS) is 34.7. The monoisotopic (exact) mass is 198 g/mol. The van der Waals surface area contributed by atoms with Crippen LogP contribution in [0, 0.1) is 5.41 Å². The molecule has 0 amide bonds. The maximum absolute atomic E-state index is 5.12. The molecule has 2 heterocycles. The Bertz CT molecular complexity index is 198. The van der Waals surface area contributed by atoms with Crippen molar-refractivity contribution in [2.24, 2.45) is 5.41 Å². The second kappa shape index (κ2) is 4.17. The molecule has 2 aliphatic heterocycles. The Balaban J connectivity index is 1.82. The minimum absolute atomic E-state index is 0.627. The number of rotatable bonds is 3. The van der Waals surface area contributed by atoms with Crippen LogP contribution in [0.15, 0.2) is 0 Å². The van der Waals surface area contributed by atoms with Crippen molar-refractivity contribution in [2.45, 2.75) is 12.8 Å². The third kappa shape index (κ3) is 2.10. The Hall–Kier alpha value is -0.120. The van der Waals surface area contributed by atoms with Crippen molar-refractivity contribution in [1.29, 1.82) is 0 Å². The summed E-state index contributed by atoms with van der Waals surface area (Å²) in [6, 6.07) is 0. The number of methoxy groups -OCH3 is 1. The lowest BCUT2D eigenvalue weighted by Gasteiger charge is -2.23. The van der Waals surface area contributed by atoms with Crippen molar-refractivity contribution in [3.05, 3.63) is 0 Å². The lowest BCUT2D eigenvalue weighted by molar-refractivity contribution is 0.152. The lowest BCUT2D eigenvalue weighted by Crippen LogP contribution is -2.31. The van der Waals surface area contributed by atoms with Crippen LogP contribution in [0.5, 0.6) is 0 Å². The molecular weight excluding hydrogens is 176 g/mol. The van der Waals surface area contributed by atoms with Gasteiger partial charge in [-0.15, -0.1) is 0 Å². The molecule has 2 fully saturated rings. The first-order chi connectivity index (χ1) is 6.74. The number of ether oxygens (including phenoxy) is 1. The Morgan fingerprint density at radius 3 is 2.64 bits per heavy atom. The Morgan fingerprint density at radius 1 is 1.21 bits per heavy atom. The Kier molecular flexibility index (Phi) is 3.10. The van der Waals surface area contributed by atoms with E-state index in [0.717, 1.165) is 13.2 Å².